The Morgan fingerprint density at radius 3 is 1.87 bits per heavy atom. The second-order valence-electron chi connectivity index (χ2n) is 7.26. The minimum absolute atomic E-state index is 0.529. The Labute approximate surface area is 150 Å². The van der Waals surface area contributed by atoms with E-state index in [1.807, 2.05) is 0 Å². The Morgan fingerprint density at radius 1 is 0.870 bits per heavy atom. The summed E-state index contributed by atoms with van der Waals surface area (Å²) in [6.07, 6.45) is 14.1. The smallest absolute Gasteiger partial charge is 0.0776 e. The first-order valence-corrected chi connectivity index (χ1v) is 11.3. The maximum Gasteiger partial charge on any atom is 0.0776 e. The van der Waals surface area contributed by atoms with E-state index < -0.39 is 0 Å². The molecule has 0 unspecified atom stereocenters. The van der Waals surface area contributed by atoms with E-state index in [0.717, 1.165) is 16.2 Å². The van der Waals surface area contributed by atoms with Gasteiger partial charge < -0.3 is 5.73 Å². The highest BCUT2D eigenvalue weighted by Crippen LogP contribution is 2.50. The topological polar surface area (TPSA) is 26.0 Å². The highest BCUT2D eigenvalue weighted by atomic mass is 32.2. The van der Waals surface area contributed by atoms with Crippen molar-refractivity contribution in [3.8, 4) is 0 Å². The van der Waals surface area contributed by atoms with Crippen LogP contribution in [0.5, 0.6) is 0 Å². The zero-order chi connectivity index (χ0) is 16.1. The van der Waals surface area contributed by atoms with Crippen LogP contribution in [0, 0.1) is 6.92 Å². The van der Waals surface area contributed by atoms with Crippen molar-refractivity contribution in [2.24, 2.45) is 0 Å². The van der Waals surface area contributed by atoms with Gasteiger partial charge in [0.15, 0.2) is 0 Å². The first kappa shape index (κ1) is 17.5. The number of nitrogens with two attached hydrogens (primary N) is 1. The largest absolute Gasteiger partial charge is 0.398 e. The first-order chi connectivity index (χ1) is 11.2. The molecular weight excluding hydrogens is 318 g/mol. The molecule has 1 nitrogen and oxygen atoms in total. The lowest BCUT2D eigenvalue weighted by Gasteiger charge is -2.31. The monoisotopic (exact) mass is 349 g/mol. The molecule has 0 aromatic heterocycles. The zero-order valence-electron chi connectivity index (χ0n) is 14.4. The second-order valence-corrected chi connectivity index (χ2v) is 10.4. The SMILES string of the molecule is Cc1ccc(C(SC2CCCCC2)SC2CCCCC2)c(N)c1. The van der Waals surface area contributed by atoms with Gasteiger partial charge in [-0.25, -0.2) is 0 Å². The molecule has 0 atom stereocenters. The lowest BCUT2D eigenvalue weighted by molar-refractivity contribution is 0.513. The zero-order valence-corrected chi connectivity index (χ0v) is 16.1. The highest BCUT2D eigenvalue weighted by molar-refractivity contribution is 8.16. The number of hydrogen-bond donors (Lipinski definition) is 1. The molecule has 2 aliphatic carbocycles. The summed E-state index contributed by atoms with van der Waals surface area (Å²) in [4.78, 5) is 0. The fourth-order valence-electron chi connectivity index (χ4n) is 3.84. The van der Waals surface area contributed by atoms with Crippen LogP contribution in [0.1, 0.15) is 79.9 Å². The van der Waals surface area contributed by atoms with Gasteiger partial charge in [-0.15, -0.1) is 23.5 Å². The maximum atomic E-state index is 6.41. The molecule has 0 aliphatic heterocycles. The molecule has 0 saturated heterocycles. The number of nitrogen functional groups attached to an aromatic ring is 1. The summed E-state index contributed by atoms with van der Waals surface area (Å²) in [5.41, 5.74) is 10.1. The maximum absolute atomic E-state index is 6.41. The number of thioether (sulfide) groups is 2. The number of benzene rings is 1. The van der Waals surface area contributed by atoms with Crippen LogP contribution < -0.4 is 5.73 Å². The fraction of sp³-hybridized carbons (Fsp3) is 0.700. The first-order valence-electron chi connectivity index (χ1n) is 9.39. The van der Waals surface area contributed by atoms with Crippen LogP contribution in [0.15, 0.2) is 18.2 Å². The Kier molecular flexibility index (Phi) is 6.64. The highest BCUT2D eigenvalue weighted by Gasteiger charge is 2.26. The minimum Gasteiger partial charge on any atom is -0.398 e. The summed E-state index contributed by atoms with van der Waals surface area (Å²) < 4.78 is 0.529. The number of rotatable bonds is 5. The minimum atomic E-state index is 0.529. The Bertz CT molecular complexity index is 470. The van der Waals surface area contributed by atoms with Crippen molar-refractivity contribution in [2.45, 2.75) is 86.2 Å². The van der Waals surface area contributed by atoms with E-state index in [0.29, 0.717) is 4.58 Å². The standard InChI is InChI=1S/C20H31NS2/c1-15-12-13-18(19(21)14-15)20(22-16-8-4-2-5-9-16)23-17-10-6-3-7-11-17/h12-14,16-17,20H,2-11,21H2,1H3. The van der Waals surface area contributed by atoms with E-state index in [2.05, 4.69) is 48.6 Å². The van der Waals surface area contributed by atoms with Gasteiger partial charge in [0.25, 0.3) is 0 Å². The van der Waals surface area contributed by atoms with Gasteiger partial charge in [0, 0.05) is 16.2 Å². The van der Waals surface area contributed by atoms with E-state index in [4.69, 9.17) is 5.73 Å². The van der Waals surface area contributed by atoms with Crippen LogP contribution in [-0.2, 0) is 0 Å². The van der Waals surface area contributed by atoms with Gasteiger partial charge in [0.1, 0.15) is 0 Å². The predicted octanol–water partition coefficient (Wildman–Crippen LogP) is 6.71. The van der Waals surface area contributed by atoms with E-state index >= 15 is 0 Å². The van der Waals surface area contributed by atoms with Gasteiger partial charge in [0.05, 0.1) is 4.58 Å². The van der Waals surface area contributed by atoms with E-state index in [1.165, 1.54) is 75.3 Å². The van der Waals surface area contributed by atoms with Crippen LogP contribution in [0.25, 0.3) is 0 Å². The third-order valence-electron chi connectivity index (χ3n) is 5.23. The van der Waals surface area contributed by atoms with Crippen molar-refractivity contribution in [3.63, 3.8) is 0 Å². The molecule has 0 spiro atoms. The fourth-order valence-corrected chi connectivity index (χ4v) is 7.67. The summed E-state index contributed by atoms with van der Waals surface area (Å²) >= 11 is 4.43. The van der Waals surface area contributed by atoms with Crippen molar-refractivity contribution >= 4 is 29.2 Å². The molecule has 128 valence electrons. The summed E-state index contributed by atoms with van der Waals surface area (Å²) in [5, 5.41) is 1.68. The number of hydrogen-bond acceptors (Lipinski definition) is 3. The van der Waals surface area contributed by atoms with Crippen molar-refractivity contribution in [3.05, 3.63) is 29.3 Å². The van der Waals surface area contributed by atoms with Crippen LogP contribution in [0.2, 0.25) is 0 Å². The molecule has 0 bridgehead atoms. The molecular formula is C20H31NS2. The van der Waals surface area contributed by atoms with Crippen LogP contribution in [-0.4, -0.2) is 10.5 Å². The summed E-state index contributed by atoms with van der Waals surface area (Å²) in [5.74, 6) is 0. The molecule has 0 amide bonds. The third-order valence-corrected chi connectivity index (χ3v) is 8.61. The quantitative estimate of drug-likeness (QED) is 0.472. The van der Waals surface area contributed by atoms with Crippen molar-refractivity contribution in [1.29, 1.82) is 0 Å². The lowest BCUT2D eigenvalue weighted by atomic mass is 10.0. The Morgan fingerprint density at radius 2 is 1.39 bits per heavy atom. The number of anilines is 1. The summed E-state index contributed by atoms with van der Waals surface area (Å²) in [6.45, 7) is 2.14. The molecule has 1 aromatic carbocycles. The Balaban J connectivity index is 1.73. The van der Waals surface area contributed by atoms with Gasteiger partial charge in [-0.05, 0) is 49.8 Å². The normalized spacial score (nSPS) is 21.0. The van der Waals surface area contributed by atoms with Gasteiger partial charge in [-0.3, -0.25) is 0 Å². The van der Waals surface area contributed by atoms with E-state index in [1.54, 1.807) is 0 Å². The van der Waals surface area contributed by atoms with Gasteiger partial charge in [-0.1, -0.05) is 50.7 Å². The van der Waals surface area contributed by atoms with E-state index in [-0.39, 0.29) is 0 Å². The molecule has 0 radical (unpaired) electrons. The van der Waals surface area contributed by atoms with Crippen molar-refractivity contribution < 1.29 is 0 Å². The number of aryl methyl sites for hydroxylation is 1. The summed E-state index contributed by atoms with van der Waals surface area (Å²) in [6, 6.07) is 6.69. The molecule has 23 heavy (non-hydrogen) atoms. The van der Waals surface area contributed by atoms with E-state index in [9.17, 15) is 0 Å². The third kappa shape index (κ3) is 5.09. The van der Waals surface area contributed by atoms with Crippen LogP contribution >= 0.6 is 23.5 Å². The van der Waals surface area contributed by atoms with Gasteiger partial charge in [-0.2, -0.15) is 0 Å². The second kappa shape index (κ2) is 8.71. The molecule has 0 heterocycles. The lowest BCUT2D eigenvalue weighted by Crippen LogP contribution is -2.14. The van der Waals surface area contributed by atoms with Gasteiger partial charge in [0.2, 0.25) is 0 Å². The molecule has 2 saturated carbocycles. The average Bonchev–Trinajstić information content (AvgIpc) is 2.56. The molecule has 2 N–H and O–H groups in total. The Hall–Kier alpha value is -0.280. The molecule has 2 fully saturated rings. The molecule has 1 aromatic rings. The van der Waals surface area contributed by atoms with Crippen LogP contribution in [0.4, 0.5) is 5.69 Å². The predicted molar refractivity (Wildman–Crippen MR) is 107 cm³/mol. The summed E-state index contributed by atoms with van der Waals surface area (Å²) in [7, 11) is 0. The molecule has 2 aliphatic rings. The van der Waals surface area contributed by atoms with Gasteiger partial charge >= 0.3 is 0 Å². The van der Waals surface area contributed by atoms with Crippen LogP contribution in [0.3, 0.4) is 0 Å². The molecule has 3 heteroatoms. The van der Waals surface area contributed by atoms with Crippen molar-refractivity contribution in [1.82, 2.24) is 0 Å². The average molecular weight is 350 g/mol. The van der Waals surface area contributed by atoms with Crippen molar-refractivity contribution in [2.75, 3.05) is 5.73 Å². The molecule has 3 rings (SSSR count).